The summed E-state index contributed by atoms with van der Waals surface area (Å²) in [5, 5.41) is 2.80. The fourth-order valence-electron chi connectivity index (χ4n) is 3.95. The standard InChI is InChI=1S/C23H41N5O3.2ClH/c1-2-3-4-5-6-7-8-9-10-14-28-16-19(17-29)15-21(28)22(31)27-20(18-30)12-11-13-26-23(24)25;;/h18,20-21H,2-16H2,1H3,(H,27,31)(H4,24,25,26);2*1H/t20-,21-;;/m0../s1. The lowest BCUT2D eigenvalue weighted by Gasteiger charge is -2.24. The zero-order chi connectivity index (χ0) is 22.9. The smallest absolute Gasteiger partial charge is 0.238 e. The van der Waals surface area contributed by atoms with Gasteiger partial charge in [0, 0.05) is 25.1 Å². The van der Waals surface area contributed by atoms with E-state index in [9.17, 15) is 14.4 Å². The van der Waals surface area contributed by atoms with Crippen molar-refractivity contribution in [2.45, 2.75) is 96.1 Å². The van der Waals surface area contributed by atoms with E-state index in [1.807, 2.05) is 10.8 Å². The van der Waals surface area contributed by atoms with Crippen molar-refractivity contribution in [3.8, 4) is 0 Å². The second kappa shape index (κ2) is 21.0. The first-order valence-corrected chi connectivity index (χ1v) is 11.8. The molecular weight excluding hydrogens is 465 g/mol. The Balaban J connectivity index is 0. The van der Waals surface area contributed by atoms with Crippen LogP contribution in [-0.4, -0.2) is 60.7 Å². The van der Waals surface area contributed by atoms with Gasteiger partial charge in [0.15, 0.2) is 5.96 Å². The minimum atomic E-state index is -0.583. The number of nitrogens with two attached hydrogens (primary N) is 2. The summed E-state index contributed by atoms with van der Waals surface area (Å²) in [5.74, 6) is 1.77. The highest BCUT2D eigenvalue weighted by atomic mass is 35.5. The highest BCUT2D eigenvalue weighted by Crippen LogP contribution is 2.22. The number of carbonyl (C=O) groups excluding carboxylic acids is 3. The molecule has 1 saturated heterocycles. The topological polar surface area (TPSA) is 131 Å². The van der Waals surface area contributed by atoms with Gasteiger partial charge in [-0.25, -0.2) is 4.79 Å². The molecule has 1 aliphatic rings. The molecule has 1 fully saturated rings. The number of hydrogen-bond donors (Lipinski definition) is 3. The quantitative estimate of drug-likeness (QED) is 0.0911. The van der Waals surface area contributed by atoms with E-state index < -0.39 is 12.1 Å². The van der Waals surface area contributed by atoms with Crippen molar-refractivity contribution < 1.29 is 14.4 Å². The summed E-state index contributed by atoms with van der Waals surface area (Å²) in [6, 6.07) is -0.994. The van der Waals surface area contributed by atoms with Crippen LogP contribution in [0.3, 0.4) is 0 Å². The van der Waals surface area contributed by atoms with Gasteiger partial charge in [-0.1, -0.05) is 58.3 Å². The Hall–Kier alpha value is -1.60. The molecule has 1 rings (SSSR count). The van der Waals surface area contributed by atoms with Gasteiger partial charge in [0.2, 0.25) is 5.91 Å². The fraction of sp³-hybridized carbons (Fsp3) is 0.783. The summed E-state index contributed by atoms with van der Waals surface area (Å²) >= 11 is 0. The lowest BCUT2D eigenvalue weighted by atomic mass is 10.1. The van der Waals surface area contributed by atoms with Gasteiger partial charge in [0.1, 0.15) is 12.2 Å². The van der Waals surface area contributed by atoms with Crippen LogP contribution in [0.2, 0.25) is 0 Å². The number of guanidine groups is 1. The molecule has 8 nitrogen and oxygen atoms in total. The molecule has 0 aromatic heterocycles. The minimum Gasteiger partial charge on any atom is -0.370 e. The summed E-state index contributed by atoms with van der Waals surface area (Å²) in [5.41, 5.74) is 11.2. The van der Waals surface area contributed by atoms with Gasteiger partial charge >= 0.3 is 0 Å². The maximum absolute atomic E-state index is 12.8. The molecule has 0 unspecified atom stereocenters. The summed E-state index contributed by atoms with van der Waals surface area (Å²) in [6.07, 6.45) is 13.3. The Kier molecular flexibility index (Phi) is 21.3. The molecular formula is C23H43Cl2N5O3. The highest BCUT2D eigenvalue weighted by Gasteiger charge is 2.34. The van der Waals surface area contributed by atoms with E-state index >= 15 is 0 Å². The third kappa shape index (κ3) is 15.0. The number of nitrogens with one attached hydrogen (secondary N) is 1. The normalized spacial score (nSPS) is 16.2. The predicted octanol–water partition coefficient (Wildman–Crippen LogP) is 2.93. The summed E-state index contributed by atoms with van der Waals surface area (Å²) in [4.78, 5) is 41.2. The third-order valence-electron chi connectivity index (χ3n) is 5.73. The van der Waals surface area contributed by atoms with E-state index in [1.54, 1.807) is 0 Å². The summed E-state index contributed by atoms with van der Waals surface area (Å²) < 4.78 is 0. The molecule has 1 amide bonds. The zero-order valence-corrected chi connectivity index (χ0v) is 21.6. The Labute approximate surface area is 211 Å². The van der Waals surface area contributed by atoms with Crippen LogP contribution in [0.15, 0.2) is 10.6 Å². The second-order valence-electron chi connectivity index (χ2n) is 8.42. The maximum atomic E-state index is 12.8. The number of halogens is 2. The lowest BCUT2D eigenvalue weighted by molar-refractivity contribution is -0.128. The van der Waals surface area contributed by atoms with E-state index in [-0.39, 0.29) is 36.7 Å². The number of unbranched alkanes of at least 4 members (excludes halogenated alkanes) is 8. The van der Waals surface area contributed by atoms with Gasteiger partial charge in [-0.2, -0.15) is 0 Å². The average Bonchev–Trinajstić information content (AvgIpc) is 3.18. The number of likely N-dealkylation sites (tertiary alicyclic amines) is 1. The van der Waals surface area contributed by atoms with Crippen molar-refractivity contribution in [1.29, 1.82) is 0 Å². The highest BCUT2D eigenvalue weighted by molar-refractivity contribution is 5.86. The van der Waals surface area contributed by atoms with E-state index in [0.717, 1.165) is 25.7 Å². The zero-order valence-electron chi connectivity index (χ0n) is 19.9. The van der Waals surface area contributed by atoms with Crippen LogP contribution in [-0.2, 0) is 14.4 Å². The molecule has 0 aliphatic carbocycles. The van der Waals surface area contributed by atoms with E-state index in [1.165, 1.54) is 44.9 Å². The van der Waals surface area contributed by atoms with E-state index in [4.69, 9.17) is 11.5 Å². The number of aldehydes is 1. The van der Waals surface area contributed by atoms with E-state index in [2.05, 4.69) is 17.2 Å². The number of carbonyl (C=O) groups is 2. The summed E-state index contributed by atoms with van der Waals surface area (Å²) in [6.45, 7) is 3.89. The first-order chi connectivity index (χ1) is 15.0. The number of nitrogens with zero attached hydrogens (tertiary/aromatic N) is 2. The molecule has 1 heterocycles. The van der Waals surface area contributed by atoms with Crippen LogP contribution >= 0.6 is 24.8 Å². The molecule has 33 heavy (non-hydrogen) atoms. The number of rotatable bonds is 17. The second-order valence-corrected chi connectivity index (χ2v) is 8.42. The van der Waals surface area contributed by atoms with Gasteiger partial charge in [-0.15, -0.1) is 24.8 Å². The molecule has 2 atom stereocenters. The number of aliphatic imine (C=N–C) groups is 1. The molecule has 10 heteroatoms. The monoisotopic (exact) mass is 507 g/mol. The van der Waals surface area contributed by atoms with Crippen LogP contribution in [0.5, 0.6) is 0 Å². The third-order valence-corrected chi connectivity index (χ3v) is 5.73. The Morgan fingerprint density at radius 1 is 1.12 bits per heavy atom. The van der Waals surface area contributed by atoms with Gasteiger partial charge < -0.3 is 21.6 Å². The Morgan fingerprint density at radius 3 is 2.27 bits per heavy atom. The molecule has 0 saturated carbocycles. The van der Waals surface area contributed by atoms with Crippen molar-refractivity contribution in [3.63, 3.8) is 0 Å². The Morgan fingerprint density at radius 2 is 1.73 bits per heavy atom. The minimum absolute atomic E-state index is 0. The van der Waals surface area contributed by atoms with Crippen LogP contribution < -0.4 is 16.8 Å². The molecule has 1 aliphatic heterocycles. The largest absolute Gasteiger partial charge is 0.370 e. The predicted molar refractivity (Wildman–Crippen MR) is 139 cm³/mol. The van der Waals surface area contributed by atoms with Crippen molar-refractivity contribution in [2.24, 2.45) is 16.5 Å². The van der Waals surface area contributed by atoms with Gasteiger partial charge in [-0.05, 0) is 25.8 Å². The van der Waals surface area contributed by atoms with Crippen LogP contribution in [0.4, 0.5) is 0 Å². The summed E-state index contributed by atoms with van der Waals surface area (Å²) in [7, 11) is 0. The number of amides is 1. The van der Waals surface area contributed by atoms with Crippen molar-refractivity contribution in [3.05, 3.63) is 5.57 Å². The van der Waals surface area contributed by atoms with Crippen molar-refractivity contribution in [1.82, 2.24) is 10.2 Å². The van der Waals surface area contributed by atoms with Crippen LogP contribution in [0, 0.1) is 0 Å². The van der Waals surface area contributed by atoms with E-state index in [0.29, 0.717) is 37.9 Å². The molecule has 0 aromatic carbocycles. The van der Waals surface area contributed by atoms with Gasteiger partial charge in [-0.3, -0.25) is 14.7 Å². The first kappa shape index (κ1) is 33.6. The molecule has 0 radical (unpaired) electrons. The molecule has 0 bridgehead atoms. The first-order valence-electron chi connectivity index (χ1n) is 11.8. The maximum Gasteiger partial charge on any atom is 0.238 e. The fourth-order valence-corrected chi connectivity index (χ4v) is 3.95. The molecule has 0 spiro atoms. The Bertz CT molecular complexity index is 623. The molecule has 0 aromatic rings. The van der Waals surface area contributed by atoms with Gasteiger partial charge in [0.05, 0.1) is 12.1 Å². The average molecular weight is 509 g/mol. The van der Waals surface area contributed by atoms with Crippen molar-refractivity contribution in [2.75, 3.05) is 19.6 Å². The van der Waals surface area contributed by atoms with Crippen molar-refractivity contribution >= 4 is 48.9 Å². The SMILES string of the molecule is CCCCCCCCCCCN1CC(=C=O)C[C@H]1C(=O)N[C@H](C=O)CCCN=C(N)N.Cl.Cl. The van der Waals surface area contributed by atoms with Gasteiger partial charge in [0.25, 0.3) is 0 Å². The molecule has 5 N–H and O–H groups in total. The van der Waals surface area contributed by atoms with Crippen LogP contribution in [0.25, 0.3) is 0 Å². The number of hydrogen-bond acceptors (Lipinski definition) is 5. The van der Waals surface area contributed by atoms with Crippen LogP contribution in [0.1, 0.15) is 84.0 Å². The molecule has 192 valence electrons. The lowest BCUT2D eigenvalue weighted by Crippen LogP contribution is -2.47.